The normalized spacial score (nSPS) is 15.4. The first-order chi connectivity index (χ1) is 14.1. The fraction of sp³-hybridized carbons (Fsp3) is 0.261. The molecular weight excluding hydrogens is 390 g/mol. The highest BCUT2D eigenvalue weighted by Gasteiger charge is 2.30. The highest BCUT2D eigenvalue weighted by atomic mass is 32.1. The van der Waals surface area contributed by atoms with Gasteiger partial charge in [-0.25, -0.2) is 8.78 Å². The Hall–Kier alpha value is -2.57. The minimum Gasteiger partial charge on any atom is -0.305 e. The number of nitrogens with zero attached hydrogens (tertiary/aromatic N) is 2. The maximum Gasteiger partial charge on any atom is 0.268 e. The van der Waals surface area contributed by atoms with Crippen molar-refractivity contribution in [1.82, 2.24) is 4.90 Å². The third-order valence-electron chi connectivity index (χ3n) is 5.35. The molecule has 3 nitrogen and oxygen atoms in total. The van der Waals surface area contributed by atoms with Gasteiger partial charge >= 0.3 is 0 Å². The van der Waals surface area contributed by atoms with Crippen LogP contribution in [-0.2, 0) is 6.54 Å². The van der Waals surface area contributed by atoms with E-state index in [0.29, 0.717) is 18.0 Å². The Kier molecular flexibility index (Phi) is 6.02. The minimum atomic E-state index is -0.508. The molecule has 1 saturated heterocycles. The number of para-hydroxylation sites is 1. The van der Waals surface area contributed by atoms with Crippen LogP contribution in [0.25, 0.3) is 0 Å². The summed E-state index contributed by atoms with van der Waals surface area (Å²) in [5, 5.41) is 1.90. The number of rotatable bonds is 5. The Bertz CT molecular complexity index is 934. The van der Waals surface area contributed by atoms with E-state index in [1.807, 2.05) is 52.7 Å². The molecule has 0 spiro atoms. The average molecular weight is 413 g/mol. The molecule has 6 heteroatoms. The van der Waals surface area contributed by atoms with Gasteiger partial charge in [-0.1, -0.05) is 30.3 Å². The van der Waals surface area contributed by atoms with Crippen LogP contribution in [0.1, 0.15) is 28.1 Å². The third-order valence-corrected chi connectivity index (χ3v) is 6.21. The molecular formula is C23H22F2N2OS. The van der Waals surface area contributed by atoms with E-state index in [2.05, 4.69) is 4.90 Å². The van der Waals surface area contributed by atoms with E-state index in [0.717, 1.165) is 18.5 Å². The largest absolute Gasteiger partial charge is 0.305 e. The summed E-state index contributed by atoms with van der Waals surface area (Å²) in [6.45, 7) is 1.61. The molecule has 2 aromatic carbocycles. The van der Waals surface area contributed by atoms with Gasteiger partial charge in [-0.2, -0.15) is 0 Å². The van der Waals surface area contributed by atoms with Crippen molar-refractivity contribution in [3.05, 3.63) is 88.1 Å². The van der Waals surface area contributed by atoms with Crippen molar-refractivity contribution in [1.29, 1.82) is 0 Å². The van der Waals surface area contributed by atoms with Crippen LogP contribution in [0.5, 0.6) is 0 Å². The average Bonchev–Trinajstić information content (AvgIpc) is 3.28. The van der Waals surface area contributed by atoms with Crippen molar-refractivity contribution in [3.63, 3.8) is 0 Å². The lowest BCUT2D eigenvalue weighted by Gasteiger charge is -2.38. The number of anilines is 1. The lowest BCUT2D eigenvalue weighted by molar-refractivity contribution is 0.0962. The predicted octanol–water partition coefficient (Wildman–Crippen LogP) is 5.34. The van der Waals surface area contributed by atoms with Crippen LogP contribution < -0.4 is 4.90 Å². The Labute approximate surface area is 173 Å². The number of piperidine rings is 1. The van der Waals surface area contributed by atoms with Gasteiger partial charge in [0.2, 0.25) is 0 Å². The van der Waals surface area contributed by atoms with Gasteiger partial charge in [0.15, 0.2) is 0 Å². The van der Waals surface area contributed by atoms with Crippen LogP contribution in [0.3, 0.4) is 0 Å². The van der Waals surface area contributed by atoms with Crippen molar-refractivity contribution in [3.8, 4) is 0 Å². The van der Waals surface area contributed by atoms with Gasteiger partial charge in [0.05, 0.1) is 4.88 Å². The second kappa shape index (κ2) is 8.84. The zero-order valence-corrected chi connectivity index (χ0v) is 16.7. The number of thiophene rings is 1. The van der Waals surface area contributed by atoms with Crippen LogP contribution in [-0.4, -0.2) is 29.9 Å². The number of carbonyl (C=O) groups is 1. The molecule has 2 heterocycles. The minimum absolute atomic E-state index is 0.00444. The summed E-state index contributed by atoms with van der Waals surface area (Å²) in [5.41, 5.74) is 0.991. The zero-order valence-electron chi connectivity index (χ0n) is 15.9. The number of benzene rings is 2. The molecule has 1 amide bonds. The lowest BCUT2D eigenvalue weighted by atomic mass is 10.0. The molecule has 1 aromatic heterocycles. The Balaban J connectivity index is 1.49. The first kappa shape index (κ1) is 19.7. The van der Waals surface area contributed by atoms with E-state index in [1.54, 1.807) is 0 Å². The number of halogens is 2. The van der Waals surface area contributed by atoms with E-state index in [4.69, 9.17) is 0 Å². The first-order valence-corrected chi connectivity index (χ1v) is 10.6. The molecule has 3 aromatic rings. The third kappa shape index (κ3) is 4.38. The molecule has 0 unspecified atom stereocenters. The molecule has 0 bridgehead atoms. The molecule has 1 fully saturated rings. The standard InChI is InChI=1S/C23H22F2N2OS/c24-20-8-4-9-21(25)19(20)16-26-13-11-18(12-14-26)27(17-6-2-1-3-7-17)23(28)22-10-5-15-29-22/h1-10,15,18H,11-14,16H2. The molecule has 0 aliphatic carbocycles. The molecule has 1 aliphatic rings. The van der Waals surface area contributed by atoms with Crippen LogP contribution in [0.15, 0.2) is 66.0 Å². The van der Waals surface area contributed by atoms with E-state index in [1.165, 1.54) is 29.5 Å². The van der Waals surface area contributed by atoms with Crippen LogP contribution in [0.2, 0.25) is 0 Å². The number of carbonyl (C=O) groups excluding carboxylic acids is 1. The van der Waals surface area contributed by atoms with E-state index in [-0.39, 0.29) is 24.1 Å². The summed E-state index contributed by atoms with van der Waals surface area (Å²) in [6, 6.07) is 17.4. The molecule has 29 heavy (non-hydrogen) atoms. The Morgan fingerprint density at radius 1 is 0.966 bits per heavy atom. The highest BCUT2D eigenvalue weighted by Crippen LogP contribution is 2.28. The molecule has 0 atom stereocenters. The maximum atomic E-state index is 14.0. The molecule has 0 N–H and O–H groups in total. The second-order valence-corrected chi connectivity index (χ2v) is 8.14. The molecule has 1 aliphatic heterocycles. The van der Waals surface area contributed by atoms with Gasteiger partial charge in [0.25, 0.3) is 5.91 Å². The monoisotopic (exact) mass is 412 g/mol. The van der Waals surface area contributed by atoms with Crippen LogP contribution in [0.4, 0.5) is 14.5 Å². The topological polar surface area (TPSA) is 23.6 Å². The van der Waals surface area contributed by atoms with Crippen LogP contribution >= 0.6 is 11.3 Å². The summed E-state index contributed by atoms with van der Waals surface area (Å²) in [6.07, 6.45) is 1.50. The van der Waals surface area contributed by atoms with Crippen molar-refractivity contribution in [2.45, 2.75) is 25.4 Å². The first-order valence-electron chi connectivity index (χ1n) is 9.71. The van der Waals surface area contributed by atoms with Crippen LogP contribution in [0, 0.1) is 11.6 Å². The van der Waals surface area contributed by atoms with Crippen molar-refractivity contribution in [2.75, 3.05) is 18.0 Å². The molecule has 4 rings (SSSR count). The highest BCUT2D eigenvalue weighted by molar-refractivity contribution is 7.12. The van der Waals surface area contributed by atoms with Gasteiger partial charge in [0, 0.05) is 36.9 Å². The van der Waals surface area contributed by atoms with Crippen molar-refractivity contribution in [2.24, 2.45) is 0 Å². The summed E-state index contributed by atoms with van der Waals surface area (Å²) in [4.78, 5) is 17.8. The Morgan fingerprint density at radius 3 is 2.28 bits per heavy atom. The summed E-state index contributed by atoms with van der Waals surface area (Å²) >= 11 is 1.44. The van der Waals surface area contributed by atoms with E-state index >= 15 is 0 Å². The van der Waals surface area contributed by atoms with E-state index < -0.39 is 11.6 Å². The Morgan fingerprint density at radius 2 is 1.66 bits per heavy atom. The fourth-order valence-electron chi connectivity index (χ4n) is 3.84. The quantitative estimate of drug-likeness (QED) is 0.565. The van der Waals surface area contributed by atoms with Gasteiger partial charge < -0.3 is 4.90 Å². The second-order valence-electron chi connectivity index (χ2n) is 7.20. The number of likely N-dealkylation sites (tertiary alicyclic amines) is 1. The predicted molar refractivity (Wildman–Crippen MR) is 112 cm³/mol. The van der Waals surface area contributed by atoms with E-state index in [9.17, 15) is 13.6 Å². The smallest absolute Gasteiger partial charge is 0.268 e. The lowest BCUT2D eigenvalue weighted by Crippen LogP contribution is -2.47. The van der Waals surface area contributed by atoms with Gasteiger partial charge in [-0.3, -0.25) is 9.69 Å². The fourth-order valence-corrected chi connectivity index (χ4v) is 4.50. The van der Waals surface area contributed by atoms with Gasteiger partial charge in [-0.05, 0) is 48.6 Å². The zero-order chi connectivity index (χ0) is 20.2. The van der Waals surface area contributed by atoms with Crippen molar-refractivity contribution < 1.29 is 13.6 Å². The number of hydrogen-bond donors (Lipinski definition) is 0. The number of hydrogen-bond acceptors (Lipinski definition) is 3. The molecule has 150 valence electrons. The van der Waals surface area contributed by atoms with Gasteiger partial charge in [0.1, 0.15) is 11.6 Å². The maximum absolute atomic E-state index is 14.0. The molecule has 0 radical (unpaired) electrons. The summed E-state index contributed by atoms with van der Waals surface area (Å²) in [7, 11) is 0. The SMILES string of the molecule is O=C(c1cccs1)N(c1ccccc1)C1CCN(Cc2c(F)cccc2F)CC1. The number of amides is 1. The van der Waals surface area contributed by atoms with Gasteiger partial charge in [-0.15, -0.1) is 11.3 Å². The summed E-state index contributed by atoms with van der Waals surface area (Å²) in [5.74, 6) is -1.01. The summed E-state index contributed by atoms with van der Waals surface area (Å²) < 4.78 is 28.0. The van der Waals surface area contributed by atoms with Crippen molar-refractivity contribution >= 4 is 22.9 Å². The molecule has 0 saturated carbocycles.